The van der Waals surface area contributed by atoms with Crippen molar-refractivity contribution in [3.63, 3.8) is 0 Å². The molecule has 0 amide bonds. The maximum Gasteiger partial charge on any atom is 0.387 e. The summed E-state index contributed by atoms with van der Waals surface area (Å²) in [7, 11) is 0. The van der Waals surface area contributed by atoms with Gasteiger partial charge in [-0.3, -0.25) is 4.90 Å². The van der Waals surface area contributed by atoms with Gasteiger partial charge in [-0.15, -0.1) is 12.4 Å². The molecule has 24 heavy (non-hydrogen) atoms. The summed E-state index contributed by atoms with van der Waals surface area (Å²) in [6, 6.07) is 6.77. The molecule has 3 rings (SSSR count). The summed E-state index contributed by atoms with van der Waals surface area (Å²) < 4.78 is 34.7. The Hall–Kier alpha value is -0.950. The number of nitrogens with zero attached hydrogens (tertiary/aromatic N) is 1. The highest BCUT2D eigenvalue weighted by Gasteiger charge is 2.33. The minimum atomic E-state index is -2.79. The Morgan fingerprint density at radius 1 is 1.38 bits per heavy atom. The van der Waals surface area contributed by atoms with E-state index in [1.54, 1.807) is 12.1 Å². The van der Waals surface area contributed by atoms with Crippen LogP contribution in [0.15, 0.2) is 24.3 Å². The second kappa shape index (κ2) is 8.43. The van der Waals surface area contributed by atoms with Gasteiger partial charge in [-0.2, -0.15) is 8.78 Å². The molecule has 7 heteroatoms. The van der Waals surface area contributed by atoms with E-state index in [0.717, 1.165) is 38.3 Å². The number of benzene rings is 1. The van der Waals surface area contributed by atoms with Gasteiger partial charge >= 0.3 is 6.61 Å². The van der Waals surface area contributed by atoms with Crippen LogP contribution in [-0.4, -0.2) is 50.8 Å². The van der Waals surface area contributed by atoms with Gasteiger partial charge in [0.05, 0.1) is 12.7 Å². The minimum absolute atomic E-state index is 0. The van der Waals surface area contributed by atoms with Gasteiger partial charge in [-0.25, -0.2) is 0 Å². The zero-order chi connectivity index (χ0) is 16.3. The molecule has 0 spiro atoms. The molecule has 1 aromatic rings. The number of hydrogen-bond donors (Lipinski definition) is 1. The lowest BCUT2D eigenvalue weighted by Crippen LogP contribution is -2.44. The number of alkyl halides is 2. The fourth-order valence-corrected chi connectivity index (χ4v) is 3.46. The molecule has 0 bridgehead atoms. The van der Waals surface area contributed by atoms with Crippen molar-refractivity contribution < 1.29 is 18.3 Å². The Kier molecular flexibility index (Phi) is 6.80. The van der Waals surface area contributed by atoms with Crippen molar-refractivity contribution >= 4 is 12.4 Å². The Morgan fingerprint density at radius 3 is 2.75 bits per heavy atom. The maximum absolute atomic E-state index is 12.2. The zero-order valence-electron chi connectivity index (χ0n) is 13.8. The second-order valence-electron chi connectivity index (χ2n) is 6.78. The van der Waals surface area contributed by atoms with Crippen molar-refractivity contribution in [3.8, 4) is 5.75 Å². The summed E-state index contributed by atoms with van der Waals surface area (Å²) >= 11 is 0. The summed E-state index contributed by atoms with van der Waals surface area (Å²) in [4.78, 5) is 2.45. The smallest absolute Gasteiger partial charge is 0.387 e. The first-order valence-electron chi connectivity index (χ1n) is 8.14. The lowest BCUT2D eigenvalue weighted by atomic mass is 9.89. The van der Waals surface area contributed by atoms with Crippen LogP contribution in [0, 0.1) is 5.41 Å². The Labute approximate surface area is 147 Å². The van der Waals surface area contributed by atoms with Crippen LogP contribution in [0.1, 0.15) is 25.0 Å². The molecule has 0 radical (unpaired) electrons. The molecule has 2 saturated heterocycles. The van der Waals surface area contributed by atoms with Gasteiger partial charge in [0.15, 0.2) is 0 Å². The standard InChI is InChI=1S/C17H24F2N2O2.ClH/c1-17(6-7-20-11-17)12-21-8-9-22-15(10-21)13-2-4-14(5-3-13)23-16(18)19;/h2-5,15-16,20H,6-12H2,1H3;1H. The third kappa shape index (κ3) is 5.02. The summed E-state index contributed by atoms with van der Waals surface area (Å²) in [5.41, 5.74) is 1.34. The van der Waals surface area contributed by atoms with Gasteiger partial charge in [0.2, 0.25) is 0 Å². The first-order chi connectivity index (χ1) is 11.0. The average Bonchev–Trinajstić information content (AvgIpc) is 2.94. The molecule has 0 aromatic heterocycles. The minimum Gasteiger partial charge on any atom is -0.435 e. The van der Waals surface area contributed by atoms with Crippen molar-refractivity contribution in [2.24, 2.45) is 5.41 Å². The van der Waals surface area contributed by atoms with Crippen molar-refractivity contribution in [3.05, 3.63) is 29.8 Å². The van der Waals surface area contributed by atoms with E-state index in [-0.39, 0.29) is 24.3 Å². The van der Waals surface area contributed by atoms with Crippen LogP contribution in [0.25, 0.3) is 0 Å². The number of morpholine rings is 1. The van der Waals surface area contributed by atoms with E-state index in [9.17, 15) is 8.78 Å². The van der Waals surface area contributed by atoms with Gasteiger partial charge in [-0.05, 0) is 36.1 Å². The molecule has 1 N–H and O–H groups in total. The Bertz CT molecular complexity index is 510. The fourth-order valence-electron chi connectivity index (χ4n) is 3.46. The lowest BCUT2D eigenvalue weighted by molar-refractivity contribution is -0.0501. The summed E-state index contributed by atoms with van der Waals surface area (Å²) in [6.45, 7) is 5.24. The van der Waals surface area contributed by atoms with E-state index >= 15 is 0 Å². The first-order valence-corrected chi connectivity index (χ1v) is 8.14. The summed E-state index contributed by atoms with van der Waals surface area (Å²) in [5, 5.41) is 3.43. The molecule has 2 atom stereocenters. The van der Waals surface area contributed by atoms with E-state index in [1.807, 2.05) is 12.1 Å². The van der Waals surface area contributed by atoms with Gasteiger partial charge in [-0.1, -0.05) is 19.1 Å². The second-order valence-corrected chi connectivity index (χ2v) is 6.78. The van der Waals surface area contributed by atoms with Crippen molar-refractivity contribution in [2.45, 2.75) is 26.1 Å². The molecule has 2 aliphatic heterocycles. The molecule has 0 saturated carbocycles. The predicted molar refractivity (Wildman–Crippen MR) is 91.0 cm³/mol. The summed E-state index contributed by atoms with van der Waals surface area (Å²) in [5.74, 6) is 0.181. The highest BCUT2D eigenvalue weighted by atomic mass is 35.5. The molecule has 2 aliphatic rings. The molecule has 2 unspecified atom stereocenters. The van der Waals surface area contributed by atoms with E-state index in [4.69, 9.17) is 4.74 Å². The van der Waals surface area contributed by atoms with E-state index in [0.29, 0.717) is 12.0 Å². The van der Waals surface area contributed by atoms with E-state index in [2.05, 4.69) is 21.9 Å². The number of nitrogens with one attached hydrogen (secondary N) is 1. The highest BCUT2D eigenvalue weighted by molar-refractivity contribution is 5.85. The van der Waals surface area contributed by atoms with Crippen LogP contribution in [0.3, 0.4) is 0 Å². The van der Waals surface area contributed by atoms with Crippen molar-refractivity contribution in [1.82, 2.24) is 10.2 Å². The van der Waals surface area contributed by atoms with Crippen LogP contribution >= 0.6 is 12.4 Å². The van der Waals surface area contributed by atoms with Crippen molar-refractivity contribution in [2.75, 3.05) is 39.3 Å². The summed E-state index contributed by atoms with van der Waals surface area (Å²) in [6.07, 6.45) is 1.19. The predicted octanol–water partition coefficient (Wildman–Crippen LogP) is 3.08. The van der Waals surface area contributed by atoms with Crippen LogP contribution in [-0.2, 0) is 4.74 Å². The average molecular weight is 363 g/mol. The molecular formula is C17H25ClF2N2O2. The largest absolute Gasteiger partial charge is 0.435 e. The molecule has 2 fully saturated rings. The van der Waals surface area contributed by atoms with Crippen molar-refractivity contribution in [1.29, 1.82) is 0 Å². The molecule has 4 nitrogen and oxygen atoms in total. The monoisotopic (exact) mass is 362 g/mol. The SMILES string of the molecule is CC1(CN2CCOC(c3ccc(OC(F)F)cc3)C2)CCNC1.Cl. The van der Waals surface area contributed by atoms with Crippen LogP contribution in [0.4, 0.5) is 8.78 Å². The lowest BCUT2D eigenvalue weighted by Gasteiger charge is -2.37. The highest BCUT2D eigenvalue weighted by Crippen LogP contribution is 2.30. The van der Waals surface area contributed by atoms with Crippen LogP contribution in [0.5, 0.6) is 5.75 Å². The van der Waals surface area contributed by atoms with Gasteiger partial charge < -0.3 is 14.8 Å². The quantitative estimate of drug-likeness (QED) is 0.872. The maximum atomic E-state index is 12.2. The Morgan fingerprint density at radius 2 is 2.12 bits per heavy atom. The van der Waals surface area contributed by atoms with E-state index in [1.165, 1.54) is 6.42 Å². The molecular weight excluding hydrogens is 338 g/mol. The number of ether oxygens (including phenoxy) is 2. The number of rotatable bonds is 5. The van der Waals surface area contributed by atoms with Gasteiger partial charge in [0.1, 0.15) is 5.75 Å². The third-order valence-corrected chi connectivity index (χ3v) is 4.69. The Balaban J connectivity index is 0.00000208. The number of halogens is 3. The normalized spacial score (nSPS) is 27.9. The first kappa shape index (κ1) is 19.4. The van der Waals surface area contributed by atoms with E-state index < -0.39 is 6.61 Å². The van der Waals surface area contributed by atoms with Gasteiger partial charge in [0, 0.05) is 26.2 Å². The zero-order valence-corrected chi connectivity index (χ0v) is 14.7. The van der Waals surface area contributed by atoms with Crippen LogP contribution < -0.4 is 10.1 Å². The molecule has 0 aliphatic carbocycles. The molecule has 136 valence electrons. The van der Waals surface area contributed by atoms with Crippen LogP contribution in [0.2, 0.25) is 0 Å². The van der Waals surface area contributed by atoms with Gasteiger partial charge in [0.25, 0.3) is 0 Å². The topological polar surface area (TPSA) is 33.7 Å². The molecule has 1 aromatic carbocycles. The number of hydrogen-bond acceptors (Lipinski definition) is 4. The molecule has 2 heterocycles. The fraction of sp³-hybridized carbons (Fsp3) is 0.647. The third-order valence-electron chi connectivity index (χ3n) is 4.69.